The number of nitrogens with one attached hydrogen (secondary N) is 1. The number of fused-ring (bicyclic) bond motifs is 1. The molecule has 0 atom stereocenters. The first-order valence-electron chi connectivity index (χ1n) is 9.90. The van der Waals surface area contributed by atoms with E-state index in [4.69, 9.17) is 9.53 Å². The number of aryl methyl sites for hydroxylation is 1. The molecule has 0 spiro atoms. The lowest BCUT2D eigenvalue weighted by Crippen LogP contribution is -2.46. The second-order valence-electron chi connectivity index (χ2n) is 6.78. The normalized spacial score (nSPS) is 14.0. The van der Waals surface area contributed by atoms with Crippen LogP contribution in [0, 0.1) is 5.82 Å². The number of methoxy groups -OCH3 is 1. The van der Waals surface area contributed by atoms with Crippen LogP contribution in [0.1, 0.15) is 32.3 Å². The number of benzene rings is 2. The van der Waals surface area contributed by atoms with E-state index >= 15 is 0 Å². The van der Waals surface area contributed by atoms with Gasteiger partial charge in [0.15, 0.2) is 0 Å². The van der Waals surface area contributed by atoms with Crippen molar-refractivity contribution in [3.05, 3.63) is 41.7 Å². The van der Waals surface area contributed by atoms with Crippen LogP contribution in [0.15, 0.2) is 30.3 Å². The van der Waals surface area contributed by atoms with Gasteiger partial charge in [0.25, 0.3) is 6.47 Å². The molecule has 1 fully saturated rings. The number of urea groups is 1. The highest BCUT2D eigenvalue weighted by Crippen LogP contribution is 2.31. The van der Waals surface area contributed by atoms with Crippen LogP contribution in [0.4, 0.5) is 9.18 Å². The van der Waals surface area contributed by atoms with E-state index in [1.54, 1.807) is 6.07 Å². The van der Waals surface area contributed by atoms with E-state index in [9.17, 15) is 9.18 Å². The van der Waals surface area contributed by atoms with Crippen molar-refractivity contribution in [1.29, 1.82) is 0 Å². The highest BCUT2D eigenvalue weighted by molar-refractivity contribution is 5.89. The second kappa shape index (κ2) is 11.2. The van der Waals surface area contributed by atoms with Crippen molar-refractivity contribution in [2.75, 3.05) is 26.7 Å². The van der Waals surface area contributed by atoms with Crippen LogP contribution in [0.5, 0.6) is 5.75 Å². The lowest BCUT2D eigenvalue weighted by molar-refractivity contribution is -0.126. The summed E-state index contributed by atoms with van der Waals surface area (Å²) >= 11 is 0. The molecule has 0 bridgehead atoms. The fraction of sp³-hybridized carbons (Fsp3) is 0.455. The molecule has 0 saturated carbocycles. The van der Waals surface area contributed by atoms with Gasteiger partial charge >= 0.3 is 6.03 Å². The molecule has 0 radical (unpaired) electrons. The molecule has 7 heteroatoms. The Morgan fingerprint density at radius 2 is 1.93 bits per heavy atom. The summed E-state index contributed by atoms with van der Waals surface area (Å²) in [5, 5.41) is 4.63. The lowest BCUT2D eigenvalue weighted by atomic mass is 10.0. The van der Waals surface area contributed by atoms with E-state index in [-0.39, 0.29) is 18.0 Å². The first-order valence-corrected chi connectivity index (χ1v) is 9.90. The smallest absolute Gasteiger partial charge is 0.317 e. The molecule has 1 N–H and O–H groups in total. The van der Waals surface area contributed by atoms with Gasteiger partial charge in [0, 0.05) is 37.9 Å². The van der Waals surface area contributed by atoms with Gasteiger partial charge in [0.1, 0.15) is 17.7 Å². The Bertz CT molecular complexity index is 820. The van der Waals surface area contributed by atoms with Gasteiger partial charge in [-0.2, -0.15) is 0 Å². The van der Waals surface area contributed by atoms with Crippen molar-refractivity contribution in [2.24, 2.45) is 0 Å². The summed E-state index contributed by atoms with van der Waals surface area (Å²) in [5.41, 5.74) is 1.17. The van der Waals surface area contributed by atoms with Gasteiger partial charge < -0.3 is 19.7 Å². The number of halogens is 1. The number of hydrogen-bond donors (Lipinski definition) is 1. The molecule has 2 aromatic carbocycles. The number of likely N-dealkylation sites (tertiary alicyclic amines) is 1. The quantitative estimate of drug-likeness (QED) is 0.768. The van der Waals surface area contributed by atoms with E-state index in [0.717, 1.165) is 35.8 Å². The largest absolute Gasteiger partial charge is 0.490 e. The first-order chi connectivity index (χ1) is 14.0. The second-order valence-corrected chi connectivity index (χ2v) is 6.78. The average Bonchev–Trinajstić information content (AvgIpc) is 2.74. The minimum atomic E-state index is -0.257. The number of nitrogens with zero attached hydrogens (tertiary/aromatic N) is 1. The number of piperidine rings is 1. The molecule has 158 valence electrons. The third-order valence-electron chi connectivity index (χ3n) is 4.79. The molecule has 1 aliphatic heterocycles. The van der Waals surface area contributed by atoms with Crippen LogP contribution in [0.25, 0.3) is 10.8 Å². The minimum Gasteiger partial charge on any atom is -0.490 e. The van der Waals surface area contributed by atoms with Gasteiger partial charge in [-0.05, 0) is 42.5 Å². The van der Waals surface area contributed by atoms with Crippen molar-refractivity contribution < 1.29 is 23.5 Å². The summed E-state index contributed by atoms with van der Waals surface area (Å²) in [7, 11) is 1.31. The molecule has 2 aromatic rings. The van der Waals surface area contributed by atoms with Crippen molar-refractivity contribution >= 4 is 23.3 Å². The predicted octanol–water partition coefficient (Wildman–Crippen LogP) is 3.90. The number of hydrogen-bond acceptors (Lipinski definition) is 4. The monoisotopic (exact) mass is 404 g/mol. The minimum absolute atomic E-state index is 0.0125. The van der Waals surface area contributed by atoms with Crippen LogP contribution in [0.2, 0.25) is 0 Å². The molecule has 0 unspecified atom stereocenters. The summed E-state index contributed by atoms with van der Waals surface area (Å²) in [4.78, 5) is 22.7. The van der Waals surface area contributed by atoms with Crippen LogP contribution < -0.4 is 10.1 Å². The van der Waals surface area contributed by atoms with Gasteiger partial charge in [0.2, 0.25) is 0 Å². The maximum atomic E-state index is 13.7. The number of carbonyl (C=O) groups excluding carboxylic acids is 2. The average molecular weight is 404 g/mol. The van der Waals surface area contributed by atoms with E-state index < -0.39 is 0 Å². The fourth-order valence-corrected chi connectivity index (χ4v) is 3.28. The number of amides is 2. The third-order valence-corrected chi connectivity index (χ3v) is 4.79. The summed E-state index contributed by atoms with van der Waals surface area (Å²) in [6, 6.07) is 8.90. The maximum absolute atomic E-state index is 13.7. The molecule has 6 nitrogen and oxygen atoms in total. The third kappa shape index (κ3) is 6.34. The Morgan fingerprint density at radius 3 is 2.52 bits per heavy atom. The number of carbonyl (C=O) groups is 2. The van der Waals surface area contributed by atoms with E-state index in [0.29, 0.717) is 26.1 Å². The molecular weight excluding hydrogens is 375 g/mol. The summed E-state index contributed by atoms with van der Waals surface area (Å²) in [5.74, 6) is 0.484. The van der Waals surface area contributed by atoms with Crippen LogP contribution in [-0.2, 0) is 16.0 Å². The van der Waals surface area contributed by atoms with Crippen molar-refractivity contribution in [3.63, 3.8) is 0 Å². The Balaban J connectivity index is 0.000000687. The van der Waals surface area contributed by atoms with Crippen molar-refractivity contribution in [3.8, 4) is 5.75 Å². The molecule has 1 saturated heterocycles. The summed E-state index contributed by atoms with van der Waals surface area (Å²) in [6.07, 6.45) is 2.51. The zero-order valence-electron chi connectivity index (χ0n) is 17.2. The molecule has 1 aliphatic rings. The highest BCUT2D eigenvalue weighted by atomic mass is 19.1. The Kier molecular flexibility index (Phi) is 8.70. The van der Waals surface area contributed by atoms with Crippen LogP contribution in [-0.4, -0.2) is 50.3 Å². The topological polar surface area (TPSA) is 67.9 Å². The van der Waals surface area contributed by atoms with Gasteiger partial charge in [-0.3, -0.25) is 4.79 Å². The lowest BCUT2D eigenvalue weighted by Gasteiger charge is -2.32. The van der Waals surface area contributed by atoms with Crippen molar-refractivity contribution in [1.82, 2.24) is 10.2 Å². The molecule has 1 heterocycles. The zero-order valence-corrected chi connectivity index (χ0v) is 17.2. The predicted molar refractivity (Wildman–Crippen MR) is 111 cm³/mol. The number of rotatable bonds is 5. The van der Waals surface area contributed by atoms with Gasteiger partial charge in [-0.25, -0.2) is 9.18 Å². The maximum Gasteiger partial charge on any atom is 0.317 e. The number of ether oxygens (including phenoxy) is 2. The van der Waals surface area contributed by atoms with Crippen molar-refractivity contribution in [2.45, 2.75) is 39.2 Å². The summed E-state index contributed by atoms with van der Waals surface area (Å²) in [6.45, 7) is 6.38. The molecular formula is C22H29FN2O4. The SMILES string of the molecule is CCNC(=O)N1CCC(Oc2cc(CC)cc3ccc(F)cc23)CC1.COC=O. The standard InChI is InChI=1S/C20H25FN2O2.C2H4O2/c1-3-14-11-15-5-6-16(21)13-18(15)19(12-14)25-17-7-9-23(10-8-17)20(24)22-4-2;1-4-2-3/h5-6,11-13,17H,3-4,7-10H2,1-2H3,(H,22,24);2H,1H3. The van der Waals surface area contributed by atoms with Gasteiger partial charge in [-0.15, -0.1) is 0 Å². The summed E-state index contributed by atoms with van der Waals surface area (Å²) < 4.78 is 23.8. The van der Waals surface area contributed by atoms with Crippen LogP contribution in [0.3, 0.4) is 0 Å². The van der Waals surface area contributed by atoms with Gasteiger partial charge in [0.05, 0.1) is 7.11 Å². The Morgan fingerprint density at radius 1 is 1.24 bits per heavy atom. The molecule has 0 aromatic heterocycles. The van der Waals surface area contributed by atoms with E-state index in [1.165, 1.54) is 24.8 Å². The molecule has 29 heavy (non-hydrogen) atoms. The molecule has 3 rings (SSSR count). The van der Waals surface area contributed by atoms with Gasteiger partial charge in [-0.1, -0.05) is 19.1 Å². The Hall–Kier alpha value is -2.83. The molecule has 0 aliphatic carbocycles. The van der Waals surface area contributed by atoms with E-state index in [1.807, 2.05) is 17.9 Å². The fourth-order valence-electron chi connectivity index (χ4n) is 3.28. The highest BCUT2D eigenvalue weighted by Gasteiger charge is 2.24. The Labute approximate surface area is 171 Å². The van der Waals surface area contributed by atoms with Crippen LogP contribution >= 0.6 is 0 Å². The first kappa shape index (κ1) is 22.5. The molecule has 2 amide bonds. The van der Waals surface area contributed by atoms with E-state index in [2.05, 4.69) is 23.0 Å². The zero-order chi connectivity index (χ0) is 21.2.